The molecule has 3 aromatic rings. The second-order valence-corrected chi connectivity index (χ2v) is 5.75. The summed E-state index contributed by atoms with van der Waals surface area (Å²) in [7, 11) is 1.33. The molecule has 0 aliphatic heterocycles. The molecule has 134 valence electrons. The van der Waals surface area contributed by atoms with Gasteiger partial charge in [-0.25, -0.2) is 19.6 Å². The smallest absolute Gasteiger partial charge is 0.308 e. The number of hydrogen-bond donors (Lipinski definition) is 3. The van der Waals surface area contributed by atoms with Gasteiger partial charge in [0, 0.05) is 5.69 Å². The molecule has 3 N–H and O–H groups in total. The fourth-order valence-electron chi connectivity index (χ4n) is 2.49. The van der Waals surface area contributed by atoms with E-state index < -0.39 is 11.8 Å². The first-order chi connectivity index (χ1) is 12.5. The first kappa shape index (κ1) is 17.6. The third-order valence-electron chi connectivity index (χ3n) is 3.69. The van der Waals surface area contributed by atoms with Crippen molar-refractivity contribution < 1.29 is 14.0 Å². The van der Waals surface area contributed by atoms with Gasteiger partial charge in [-0.2, -0.15) is 4.98 Å². The molecule has 0 atom stereocenters. The molecule has 0 saturated carbocycles. The summed E-state index contributed by atoms with van der Waals surface area (Å²) in [6.45, 7) is 3.47. The lowest BCUT2D eigenvalue weighted by Gasteiger charge is -2.10. The minimum Gasteiger partial charge on any atom is -0.308 e. The second-order valence-electron chi connectivity index (χ2n) is 5.75. The first-order valence-corrected chi connectivity index (χ1v) is 7.88. The highest BCUT2D eigenvalue weighted by Gasteiger charge is 2.13. The van der Waals surface area contributed by atoms with E-state index >= 15 is 0 Å². The average Bonchev–Trinajstić information content (AvgIpc) is 2.59. The van der Waals surface area contributed by atoms with E-state index in [2.05, 4.69) is 30.9 Å². The van der Waals surface area contributed by atoms with Crippen LogP contribution in [0, 0.1) is 19.7 Å². The normalized spacial score (nSPS) is 10.6. The summed E-state index contributed by atoms with van der Waals surface area (Å²) in [5.74, 6) is -0.850. The molecule has 8 heteroatoms. The van der Waals surface area contributed by atoms with Gasteiger partial charge in [0.25, 0.3) is 0 Å². The number of carbonyl (C=O) groups excluding carboxylic acids is 1. The minimum atomic E-state index is -0.650. The van der Waals surface area contributed by atoms with Crippen molar-refractivity contribution >= 4 is 34.3 Å². The van der Waals surface area contributed by atoms with Crippen LogP contribution < -0.4 is 16.1 Å². The monoisotopic (exact) mass is 355 g/mol. The van der Waals surface area contributed by atoms with Gasteiger partial charge in [0.05, 0.1) is 12.8 Å². The summed E-state index contributed by atoms with van der Waals surface area (Å²) in [6.07, 6.45) is 0. The number of carbonyl (C=O) groups is 1. The van der Waals surface area contributed by atoms with E-state index in [0.717, 1.165) is 16.3 Å². The highest BCUT2D eigenvalue weighted by molar-refractivity contribution is 6.00. The van der Waals surface area contributed by atoms with Gasteiger partial charge < -0.3 is 5.32 Å². The van der Waals surface area contributed by atoms with Crippen LogP contribution >= 0.6 is 0 Å². The molecule has 2 aromatic carbocycles. The predicted octanol–water partition coefficient (Wildman–Crippen LogP) is 4.00. The van der Waals surface area contributed by atoms with Crippen molar-refractivity contribution in [1.82, 2.24) is 9.97 Å². The van der Waals surface area contributed by atoms with E-state index in [0.29, 0.717) is 5.69 Å². The number of urea groups is 1. The summed E-state index contributed by atoms with van der Waals surface area (Å²) in [4.78, 5) is 24.6. The quantitative estimate of drug-likeness (QED) is 0.616. The van der Waals surface area contributed by atoms with Gasteiger partial charge in [-0.05, 0) is 36.8 Å². The third-order valence-corrected chi connectivity index (χ3v) is 3.69. The van der Waals surface area contributed by atoms with E-state index in [4.69, 9.17) is 0 Å². The van der Waals surface area contributed by atoms with E-state index in [1.165, 1.54) is 14.0 Å². The first-order valence-electron chi connectivity index (χ1n) is 7.88. The molecule has 26 heavy (non-hydrogen) atoms. The van der Waals surface area contributed by atoms with Crippen molar-refractivity contribution in [2.45, 2.75) is 13.8 Å². The van der Waals surface area contributed by atoms with Crippen LogP contribution in [0.2, 0.25) is 0 Å². The van der Waals surface area contributed by atoms with Crippen LogP contribution in [0.1, 0.15) is 11.3 Å². The zero-order chi connectivity index (χ0) is 18.7. The molecule has 3 rings (SSSR count). The van der Waals surface area contributed by atoms with Crippen LogP contribution in [0.15, 0.2) is 36.4 Å². The lowest BCUT2D eigenvalue weighted by Crippen LogP contribution is -2.21. The van der Waals surface area contributed by atoms with Crippen molar-refractivity contribution in [2.75, 3.05) is 23.2 Å². The van der Waals surface area contributed by atoms with Crippen molar-refractivity contribution in [3.63, 3.8) is 0 Å². The lowest BCUT2D eigenvalue weighted by molar-refractivity contribution is 0.261. The fourth-order valence-corrected chi connectivity index (χ4v) is 2.49. The van der Waals surface area contributed by atoms with Gasteiger partial charge >= 0.3 is 6.03 Å². The SMILES string of the molecule is CONc1nc(NC(=O)Nc2ccc3ccc(C)cc3c2)nc(C)c1F. The lowest BCUT2D eigenvalue weighted by atomic mass is 10.1. The largest absolute Gasteiger partial charge is 0.326 e. The van der Waals surface area contributed by atoms with Crippen LogP contribution in [0.4, 0.5) is 26.6 Å². The van der Waals surface area contributed by atoms with Crippen molar-refractivity contribution in [3.05, 3.63) is 53.5 Å². The Labute approximate surface area is 149 Å². The number of nitrogens with zero attached hydrogens (tertiary/aromatic N) is 2. The average molecular weight is 355 g/mol. The van der Waals surface area contributed by atoms with Gasteiger partial charge in [-0.1, -0.05) is 29.8 Å². The number of fused-ring (bicyclic) bond motifs is 1. The van der Waals surface area contributed by atoms with Crippen LogP contribution in [0.25, 0.3) is 10.8 Å². The zero-order valence-electron chi connectivity index (χ0n) is 14.6. The van der Waals surface area contributed by atoms with Crippen molar-refractivity contribution in [1.29, 1.82) is 0 Å². The maximum atomic E-state index is 13.8. The number of anilines is 3. The Kier molecular flexibility index (Phi) is 4.94. The van der Waals surface area contributed by atoms with E-state index in [-0.39, 0.29) is 17.5 Å². The number of rotatable bonds is 4. The Bertz CT molecular complexity index is 977. The van der Waals surface area contributed by atoms with E-state index in [9.17, 15) is 9.18 Å². The highest BCUT2D eigenvalue weighted by Crippen LogP contribution is 2.21. The van der Waals surface area contributed by atoms with Crippen LogP contribution in [-0.2, 0) is 4.84 Å². The number of hydrogen-bond acceptors (Lipinski definition) is 5. The van der Waals surface area contributed by atoms with E-state index in [1.807, 2.05) is 37.3 Å². The number of halogens is 1. The predicted molar refractivity (Wildman–Crippen MR) is 98.7 cm³/mol. The number of aromatic nitrogens is 2. The number of nitrogens with one attached hydrogen (secondary N) is 3. The summed E-state index contributed by atoms with van der Waals surface area (Å²) < 4.78 is 13.8. The molecule has 1 heterocycles. The molecule has 0 aliphatic rings. The summed E-state index contributed by atoms with van der Waals surface area (Å²) in [5.41, 5.74) is 4.14. The molecule has 0 fully saturated rings. The summed E-state index contributed by atoms with van der Waals surface area (Å²) >= 11 is 0. The van der Waals surface area contributed by atoms with E-state index in [1.54, 1.807) is 6.07 Å². The Morgan fingerprint density at radius 2 is 1.81 bits per heavy atom. The second kappa shape index (κ2) is 7.32. The van der Waals surface area contributed by atoms with Crippen LogP contribution in [0.3, 0.4) is 0 Å². The molecule has 7 nitrogen and oxygen atoms in total. The maximum Gasteiger partial charge on any atom is 0.326 e. The molecule has 0 bridgehead atoms. The minimum absolute atomic E-state index is 0.0439. The molecule has 0 saturated heterocycles. The zero-order valence-corrected chi connectivity index (χ0v) is 14.6. The van der Waals surface area contributed by atoms with Gasteiger partial charge in [-0.3, -0.25) is 10.2 Å². The molecular formula is C18H18FN5O2. The van der Waals surface area contributed by atoms with Crippen molar-refractivity contribution in [3.8, 4) is 0 Å². The Balaban J connectivity index is 1.76. The summed E-state index contributed by atoms with van der Waals surface area (Å²) in [6, 6.07) is 11.1. The molecular weight excluding hydrogens is 337 g/mol. The maximum absolute atomic E-state index is 13.8. The molecule has 0 unspecified atom stereocenters. The fraction of sp³-hybridized carbons (Fsp3) is 0.167. The molecule has 0 aliphatic carbocycles. The number of amides is 2. The van der Waals surface area contributed by atoms with Gasteiger partial charge in [-0.15, -0.1) is 0 Å². The molecule has 1 aromatic heterocycles. The molecule has 0 spiro atoms. The van der Waals surface area contributed by atoms with Crippen LogP contribution in [-0.4, -0.2) is 23.1 Å². The number of benzene rings is 2. The Hall–Kier alpha value is -3.26. The van der Waals surface area contributed by atoms with Crippen molar-refractivity contribution in [2.24, 2.45) is 0 Å². The Morgan fingerprint density at radius 3 is 2.58 bits per heavy atom. The van der Waals surface area contributed by atoms with Gasteiger partial charge in [0.2, 0.25) is 5.95 Å². The van der Waals surface area contributed by atoms with Gasteiger partial charge in [0.1, 0.15) is 0 Å². The summed E-state index contributed by atoms with van der Waals surface area (Å²) in [5, 5.41) is 7.29. The molecule has 0 radical (unpaired) electrons. The van der Waals surface area contributed by atoms with Gasteiger partial charge in [0.15, 0.2) is 11.6 Å². The van der Waals surface area contributed by atoms with Crippen LogP contribution in [0.5, 0.6) is 0 Å². The highest BCUT2D eigenvalue weighted by atomic mass is 19.1. The number of aryl methyl sites for hydroxylation is 2. The molecule has 2 amide bonds. The third kappa shape index (κ3) is 3.86. The Morgan fingerprint density at radius 1 is 1.04 bits per heavy atom. The standard InChI is InChI=1S/C18H18FN5O2/c1-10-4-5-12-6-7-14(9-13(12)8-10)21-18(25)23-17-20-11(2)15(19)16(22-17)24-26-3/h4-9H,1-3H3,(H3,20,21,22,23,24,25). The topological polar surface area (TPSA) is 88.2 Å².